The summed E-state index contributed by atoms with van der Waals surface area (Å²) >= 11 is 0. The molecule has 172 valence electrons. The third-order valence-corrected chi connectivity index (χ3v) is 6.11. The number of nitrogens with one attached hydrogen (secondary N) is 1. The molecular formula is C26H24N4O4. The van der Waals surface area contributed by atoms with E-state index in [0.29, 0.717) is 18.6 Å². The zero-order valence-corrected chi connectivity index (χ0v) is 18.7. The van der Waals surface area contributed by atoms with E-state index >= 15 is 0 Å². The molecule has 0 saturated carbocycles. The molecule has 3 aromatic rings. The van der Waals surface area contributed by atoms with Crippen LogP contribution >= 0.6 is 0 Å². The number of hydrazone groups is 1. The lowest BCUT2D eigenvalue weighted by molar-refractivity contribution is -0.138. The van der Waals surface area contributed by atoms with Crippen molar-refractivity contribution in [2.75, 3.05) is 6.54 Å². The van der Waals surface area contributed by atoms with E-state index in [1.54, 1.807) is 18.4 Å². The molecule has 0 aliphatic carbocycles. The Hall–Kier alpha value is -4.20. The fourth-order valence-electron chi connectivity index (χ4n) is 4.29. The van der Waals surface area contributed by atoms with Gasteiger partial charge in [0.25, 0.3) is 11.8 Å². The van der Waals surface area contributed by atoms with Crippen molar-refractivity contribution >= 4 is 23.6 Å². The molecule has 0 spiro atoms. The maximum absolute atomic E-state index is 13.3. The maximum atomic E-state index is 13.3. The molecular weight excluding hydrogens is 432 g/mol. The highest BCUT2D eigenvalue weighted by Gasteiger charge is 2.42. The van der Waals surface area contributed by atoms with Crippen LogP contribution < -0.4 is 5.32 Å². The van der Waals surface area contributed by atoms with Crippen molar-refractivity contribution in [1.82, 2.24) is 15.2 Å². The summed E-state index contributed by atoms with van der Waals surface area (Å²) in [6.45, 7) is 1.61. The van der Waals surface area contributed by atoms with Crippen molar-refractivity contribution in [3.63, 3.8) is 0 Å². The fourth-order valence-corrected chi connectivity index (χ4v) is 4.29. The third kappa shape index (κ3) is 4.22. The molecule has 34 heavy (non-hydrogen) atoms. The smallest absolute Gasteiger partial charge is 0.325 e. The number of benzene rings is 2. The second-order valence-electron chi connectivity index (χ2n) is 8.50. The summed E-state index contributed by atoms with van der Waals surface area (Å²) in [5.74, 6) is -0.274. The Morgan fingerprint density at radius 1 is 1.06 bits per heavy atom. The molecule has 2 atom stereocenters. The first-order chi connectivity index (χ1) is 16.5. The molecule has 1 N–H and O–H groups in total. The van der Waals surface area contributed by atoms with E-state index in [1.807, 2.05) is 61.5 Å². The van der Waals surface area contributed by atoms with Crippen molar-refractivity contribution in [3.05, 3.63) is 95.4 Å². The second-order valence-corrected chi connectivity index (χ2v) is 8.50. The first-order valence-electron chi connectivity index (χ1n) is 11.2. The molecule has 1 fully saturated rings. The lowest BCUT2D eigenvalue weighted by Gasteiger charge is -2.22. The Morgan fingerprint density at radius 3 is 2.53 bits per heavy atom. The zero-order valence-electron chi connectivity index (χ0n) is 18.7. The molecule has 2 aliphatic heterocycles. The fraction of sp³-hybridized carbons (Fsp3) is 0.231. The minimum Gasteiger partial charge on any atom is -0.467 e. The molecule has 0 bridgehead atoms. The van der Waals surface area contributed by atoms with Crippen LogP contribution in [0.1, 0.15) is 34.9 Å². The van der Waals surface area contributed by atoms with Crippen LogP contribution in [0.25, 0.3) is 0 Å². The van der Waals surface area contributed by atoms with Crippen LogP contribution in [0, 0.1) is 6.92 Å². The van der Waals surface area contributed by atoms with E-state index in [2.05, 4.69) is 10.4 Å². The average Bonchev–Trinajstić information content (AvgIpc) is 3.57. The summed E-state index contributed by atoms with van der Waals surface area (Å²) in [7, 11) is 0. The molecule has 4 amide bonds. The third-order valence-electron chi connectivity index (χ3n) is 6.11. The summed E-state index contributed by atoms with van der Waals surface area (Å²) in [5, 5.41) is 8.60. The lowest BCUT2D eigenvalue weighted by Crippen LogP contribution is -2.41. The Balaban J connectivity index is 1.34. The number of hydrogen-bond acceptors (Lipinski definition) is 5. The quantitative estimate of drug-likeness (QED) is 0.575. The first-order valence-corrected chi connectivity index (χ1v) is 11.2. The Labute approximate surface area is 196 Å². The highest BCUT2D eigenvalue weighted by Crippen LogP contribution is 2.33. The van der Waals surface area contributed by atoms with Crippen molar-refractivity contribution in [2.24, 2.45) is 5.10 Å². The summed E-state index contributed by atoms with van der Waals surface area (Å²) in [5.41, 5.74) is 3.71. The molecule has 1 saturated heterocycles. The molecule has 8 nitrogen and oxygen atoms in total. The van der Waals surface area contributed by atoms with Crippen molar-refractivity contribution in [2.45, 2.75) is 31.8 Å². The number of carbonyl (C=O) groups excluding carboxylic acids is 3. The lowest BCUT2D eigenvalue weighted by atomic mass is 10.0. The van der Waals surface area contributed by atoms with Crippen LogP contribution in [-0.4, -0.2) is 46.1 Å². The van der Waals surface area contributed by atoms with Gasteiger partial charge in [-0.2, -0.15) is 5.10 Å². The predicted molar refractivity (Wildman–Crippen MR) is 125 cm³/mol. The monoisotopic (exact) mass is 456 g/mol. The number of urea groups is 1. The van der Waals surface area contributed by atoms with Gasteiger partial charge in [0, 0.05) is 12.8 Å². The van der Waals surface area contributed by atoms with Crippen LogP contribution in [-0.2, 0) is 16.0 Å². The van der Waals surface area contributed by atoms with Gasteiger partial charge < -0.3 is 9.73 Å². The van der Waals surface area contributed by atoms with E-state index in [4.69, 9.17) is 4.42 Å². The number of nitrogens with zero attached hydrogens (tertiary/aromatic N) is 3. The number of furan rings is 1. The number of imide groups is 1. The van der Waals surface area contributed by atoms with Gasteiger partial charge in [0.15, 0.2) is 0 Å². The van der Waals surface area contributed by atoms with Crippen LogP contribution in [0.4, 0.5) is 4.79 Å². The van der Waals surface area contributed by atoms with Gasteiger partial charge in [-0.25, -0.2) is 9.80 Å². The SMILES string of the molecule is Cc1ccc(C2=NN(C(=O)CN3C(=O)N[C@@H](Cc4ccccc4)C3=O)[C@@H](c3ccco3)C2)cc1. The number of rotatable bonds is 6. The normalized spacial score (nSPS) is 20.0. The standard InChI is InChI=1S/C26H24N4O4/c1-17-9-11-19(12-10-17)20-15-22(23-8-5-13-34-23)30(28-20)24(31)16-29-25(32)21(27-26(29)33)14-18-6-3-2-4-7-18/h2-13,21-22H,14-16H2,1H3,(H,27,33)/t21-,22+/m0/s1. The molecule has 1 aromatic heterocycles. The van der Waals surface area contributed by atoms with E-state index in [-0.39, 0.29) is 0 Å². The number of aryl methyl sites for hydroxylation is 1. The summed E-state index contributed by atoms with van der Waals surface area (Å²) in [6, 6.07) is 19.2. The number of carbonyl (C=O) groups is 3. The Bertz CT molecular complexity index is 1240. The van der Waals surface area contributed by atoms with E-state index < -0.39 is 36.5 Å². The maximum Gasteiger partial charge on any atom is 0.325 e. The molecule has 5 rings (SSSR count). The van der Waals surface area contributed by atoms with Gasteiger partial charge in [-0.3, -0.25) is 14.5 Å². The van der Waals surface area contributed by atoms with Crippen LogP contribution in [0.5, 0.6) is 0 Å². The van der Waals surface area contributed by atoms with E-state index in [1.165, 1.54) is 5.01 Å². The van der Waals surface area contributed by atoms with Gasteiger partial charge in [0.2, 0.25) is 0 Å². The molecule has 3 heterocycles. The van der Waals surface area contributed by atoms with E-state index in [0.717, 1.165) is 27.3 Å². The van der Waals surface area contributed by atoms with E-state index in [9.17, 15) is 14.4 Å². The molecule has 0 radical (unpaired) electrons. The molecule has 0 unspecified atom stereocenters. The topological polar surface area (TPSA) is 95.2 Å². The Kier molecular flexibility index (Phi) is 5.71. The molecule has 2 aliphatic rings. The average molecular weight is 457 g/mol. The van der Waals surface area contributed by atoms with Gasteiger partial charge in [-0.15, -0.1) is 0 Å². The highest BCUT2D eigenvalue weighted by atomic mass is 16.3. The molecule has 8 heteroatoms. The summed E-state index contributed by atoms with van der Waals surface area (Å²) in [6.07, 6.45) is 2.39. The second kappa shape index (κ2) is 8.97. The highest BCUT2D eigenvalue weighted by molar-refractivity contribution is 6.07. The minimum absolute atomic E-state index is 0.366. The molecule has 2 aromatic carbocycles. The minimum atomic E-state index is -0.700. The van der Waals surface area contributed by atoms with Crippen molar-refractivity contribution in [1.29, 1.82) is 0 Å². The number of hydrogen-bond donors (Lipinski definition) is 1. The first kappa shape index (κ1) is 21.6. The largest absolute Gasteiger partial charge is 0.467 e. The van der Waals surface area contributed by atoms with Gasteiger partial charge in [-0.1, -0.05) is 60.2 Å². The zero-order chi connectivity index (χ0) is 23.7. The van der Waals surface area contributed by atoms with Gasteiger partial charge in [0.05, 0.1) is 12.0 Å². The van der Waals surface area contributed by atoms with Crippen molar-refractivity contribution in [3.8, 4) is 0 Å². The van der Waals surface area contributed by atoms with Crippen LogP contribution in [0.2, 0.25) is 0 Å². The predicted octanol–water partition coefficient (Wildman–Crippen LogP) is 3.43. The van der Waals surface area contributed by atoms with Gasteiger partial charge in [0.1, 0.15) is 24.4 Å². The number of amides is 4. The van der Waals surface area contributed by atoms with Crippen molar-refractivity contribution < 1.29 is 18.8 Å². The van der Waals surface area contributed by atoms with Crippen LogP contribution in [0.15, 0.2) is 82.5 Å². The van der Waals surface area contributed by atoms with Gasteiger partial charge in [-0.05, 0) is 30.2 Å². The van der Waals surface area contributed by atoms with Gasteiger partial charge >= 0.3 is 6.03 Å². The summed E-state index contributed by atoms with van der Waals surface area (Å²) in [4.78, 5) is 39.7. The Morgan fingerprint density at radius 2 is 1.82 bits per heavy atom. The van der Waals surface area contributed by atoms with Crippen LogP contribution in [0.3, 0.4) is 0 Å². The summed E-state index contributed by atoms with van der Waals surface area (Å²) < 4.78 is 5.57.